The molecule has 0 radical (unpaired) electrons. The Kier molecular flexibility index (Phi) is 6.30. The lowest BCUT2D eigenvalue weighted by Crippen LogP contribution is -2.38. The molecule has 1 aliphatic heterocycles. The van der Waals surface area contributed by atoms with Crippen LogP contribution in [0, 0.1) is 0 Å². The van der Waals surface area contributed by atoms with E-state index in [0.29, 0.717) is 36.5 Å². The van der Waals surface area contributed by atoms with Gasteiger partial charge in [0.1, 0.15) is 0 Å². The molecule has 152 valence electrons. The van der Waals surface area contributed by atoms with Gasteiger partial charge in [-0.2, -0.15) is 18.3 Å². The minimum absolute atomic E-state index is 0.195. The summed E-state index contributed by atoms with van der Waals surface area (Å²) in [5.41, 5.74) is 1.99. The Labute approximate surface area is 166 Å². The van der Waals surface area contributed by atoms with Gasteiger partial charge in [-0.05, 0) is 31.0 Å². The molecule has 1 aromatic heterocycles. The zero-order chi connectivity index (χ0) is 20.3. The van der Waals surface area contributed by atoms with Crippen molar-refractivity contribution in [3.8, 4) is 5.69 Å². The SMILES string of the molecule is CCc1c(C(=O)N2CCCN(CC(F)(F)F)CC2)cnn1-c1cccc(Cl)c1. The van der Waals surface area contributed by atoms with Crippen molar-refractivity contribution >= 4 is 17.5 Å². The van der Waals surface area contributed by atoms with Crippen LogP contribution in [0.5, 0.6) is 0 Å². The fourth-order valence-electron chi connectivity index (χ4n) is 3.48. The Hall–Kier alpha value is -2.06. The molecule has 0 saturated carbocycles. The highest BCUT2D eigenvalue weighted by atomic mass is 35.5. The van der Waals surface area contributed by atoms with Gasteiger partial charge in [0.15, 0.2) is 0 Å². The van der Waals surface area contributed by atoms with Gasteiger partial charge in [0.25, 0.3) is 5.91 Å². The Balaban J connectivity index is 1.77. The Bertz CT molecular complexity index is 837. The van der Waals surface area contributed by atoms with Crippen molar-refractivity contribution in [1.29, 1.82) is 0 Å². The minimum Gasteiger partial charge on any atom is -0.337 e. The number of benzene rings is 1. The van der Waals surface area contributed by atoms with E-state index in [9.17, 15) is 18.0 Å². The van der Waals surface area contributed by atoms with Crippen LogP contribution in [0.2, 0.25) is 5.02 Å². The summed E-state index contributed by atoms with van der Waals surface area (Å²) in [5.74, 6) is -0.195. The van der Waals surface area contributed by atoms with Gasteiger partial charge in [0, 0.05) is 31.2 Å². The van der Waals surface area contributed by atoms with Crippen LogP contribution in [0.3, 0.4) is 0 Å². The van der Waals surface area contributed by atoms with Crippen LogP contribution in [0.1, 0.15) is 29.4 Å². The van der Waals surface area contributed by atoms with Gasteiger partial charge in [-0.3, -0.25) is 9.69 Å². The number of carbonyl (C=O) groups excluding carboxylic acids is 1. The van der Waals surface area contributed by atoms with E-state index in [1.807, 2.05) is 19.1 Å². The zero-order valence-corrected chi connectivity index (χ0v) is 16.3. The van der Waals surface area contributed by atoms with E-state index in [-0.39, 0.29) is 19.0 Å². The number of carbonyl (C=O) groups is 1. The van der Waals surface area contributed by atoms with Crippen molar-refractivity contribution < 1.29 is 18.0 Å². The molecule has 3 rings (SSSR count). The number of amides is 1. The summed E-state index contributed by atoms with van der Waals surface area (Å²) in [5, 5.41) is 4.92. The standard InChI is InChI=1S/C19H22ClF3N4O/c1-2-17-16(12-24-27(17)15-6-3-5-14(20)11-15)18(28)26-8-4-7-25(9-10-26)13-19(21,22)23/h3,5-6,11-12H,2,4,7-10,13H2,1H3. The monoisotopic (exact) mass is 414 g/mol. The Morgan fingerprint density at radius 2 is 2.00 bits per heavy atom. The average Bonchev–Trinajstić information content (AvgIpc) is 2.93. The van der Waals surface area contributed by atoms with E-state index in [2.05, 4.69) is 5.10 Å². The average molecular weight is 415 g/mol. The first kappa shape index (κ1) is 20.7. The highest BCUT2D eigenvalue weighted by Crippen LogP contribution is 2.22. The molecule has 0 bridgehead atoms. The molecule has 1 fully saturated rings. The summed E-state index contributed by atoms with van der Waals surface area (Å²) in [6.45, 7) is 2.21. The van der Waals surface area contributed by atoms with Crippen molar-refractivity contribution in [2.45, 2.75) is 25.9 Å². The number of nitrogens with zero attached hydrogens (tertiary/aromatic N) is 4. The van der Waals surface area contributed by atoms with Crippen LogP contribution in [-0.4, -0.2) is 64.4 Å². The van der Waals surface area contributed by atoms with Crippen LogP contribution < -0.4 is 0 Å². The summed E-state index contributed by atoms with van der Waals surface area (Å²) in [6.07, 6.45) is -1.61. The van der Waals surface area contributed by atoms with E-state index in [0.717, 1.165) is 11.4 Å². The molecule has 28 heavy (non-hydrogen) atoms. The van der Waals surface area contributed by atoms with Crippen molar-refractivity contribution in [3.05, 3.63) is 46.7 Å². The smallest absolute Gasteiger partial charge is 0.337 e. The number of halogens is 4. The van der Waals surface area contributed by atoms with Crippen molar-refractivity contribution in [2.75, 3.05) is 32.7 Å². The molecule has 1 aliphatic rings. The van der Waals surface area contributed by atoms with E-state index < -0.39 is 12.7 Å². The zero-order valence-electron chi connectivity index (χ0n) is 15.5. The maximum absolute atomic E-state index is 13.0. The van der Waals surface area contributed by atoms with Gasteiger partial charge >= 0.3 is 6.18 Å². The summed E-state index contributed by atoms with van der Waals surface area (Å²) >= 11 is 6.06. The topological polar surface area (TPSA) is 41.4 Å². The first-order chi connectivity index (χ1) is 13.3. The minimum atomic E-state index is -4.23. The van der Waals surface area contributed by atoms with Crippen molar-refractivity contribution in [2.24, 2.45) is 0 Å². The lowest BCUT2D eigenvalue weighted by atomic mass is 10.1. The largest absolute Gasteiger partial charge is 0.401 e. The summed E-state index contributed by atoms with van der Waals surface area (Å²) in [4.78, 5) is 16.0. The Morgan fingerprint density at radius 3 is 2.68 bits per heavy atom. The third-order valence-corrected chi connectivity index (χ3v) is 5.00. The van der Waals surface area contributed by atoms with Crippen molar-refractivity contribution in [3.63, 3.8) is 0 Å². The van der Waals surface area contributed by atoms with Crippen LogP contribution in [0.15, 0.2) is 30.5 Å². The van der Waals surface area contributed by atoms with Gasteiger partial charge in [-0.15, -0.1) is 0 Å². The Morgan fingerprint density at radius 1 is 1.21 bits per heavy atom. The number of rotatable bonds is 4. The van der Waals surface area contributed by atoms with E-state index in [4.69, 9.17) is 11.6 Å². The molecule has 1 aromatic carbocycles. The molecule has 9 heteroatoms. The summed E-state index contributed by atoms with van der Waals surface area (Å²) in [6, 6.07) is 7.19. The second-order valence-electron chi connectivity index (χ2n) is 6.79. The number of hydrogen-bond acceptors (Lipinski definition) is 3. The highest BCUT2D eigenvalue weighted by Gasteiger charge is 2.32. The predicted octanol–water partition coefficient (Wildman–Crippen LogP) is 3.80. The molecule has 2 aromatic rings. The number of hydrogen-bond donors (Lipinski definition) is 0. The normalized spacial score (nSPS) is 16.2. The van der Waals surface area contributed by atoms with Crippen LogP contribution in [0.4, 0.5) is 13.2 Å². The van der Waals surface area contributed by atoms with Crippen LogP contribution in [0.25, 0.3) is 5.69 Å². The second kappa shape index (κ2) is 8.53. The van der Waals surface area contributed by atoms with Gasteiger partial charge in [0.2, 0.25) is 0 Å². The molecular weight excluding hydrogens is 393 g/mol. The fourth-order valence-corrected chi connectivity index (χ4v) is 3.66. The lowest BCUT2D eigenvalue weighted by Gasteiger charge is -2.23. The molecule has 1 saturated heterocycles. The summed E-state index contributed by atoms with van der Waals surface area (Å²) in [7, 11) is 0. The van der Waals surface area contributed by atoms with Crippen LogP contribution >= 0.6 is 11.6 Å². The molecule has 0 unspecified atom stereocenters. The van der Waals surface area contributed by atoms with E-state index in [1.165, 1.54) is 11.1 Å². The fraction of sp³-hybridized carbons (Fsp3) is 0.474. The quantitative estimate of drug-likeness (QED) is 0.764. The molecule has 0 N–H and O–H groups in total. The maximum atomic E-state index is 13.0. The van der Waals surface area contributed by atoms with Gasteiger partial charge in [-0.25, -0.2) is 4.68 Å². The summed E-state index contributed by atoms with van der Waals surface area (Å²) < 4.78 is 39.6. The predicted molar refractivity (Wildman–Crippen MR) is 101 cm³/mol. The number of alkyl halides is 3. The van der Waals surface area contributed by atoms with Gasteiger partial charge in [-0.1, -0.05) is 24.6 Å². The first-order valence-electron chi connectivity index (χ1n) is 9.19. The van der Waals surface area contributed by atoms with Crippen LogP contribution in [-0.2, 0) is 6.42 Å². The number of aromatic nitrogens is 2. The molecule has 0 aliphatic carbocycles. The molecule has 0 spiro atoms. The highest BCUT2D eigenvalue weighted by molar-refractivity contribution is 6.30. The van der Waals surface area contributed by atoms with E-state index in [1.54, 1.807) is 21.7 Å². The van der Waals surface area contributed by atoms with Gasteiger partial charge < -0.3 is 4.90 Å². The second-order valence-corrected chi connectivity index (χ2v) is 7.22. The van der Waals surface area contributed by atoms with Gasteiger partial charge in [0.05, 0.1) is 29.7 Å². The van der Waals surface area contributed by atoms with Crippen molar-refractivity contribution in [1.82, 2.24) is 19.6 Å². The van der Waals surface area contributed by atoms with E-state index >= 15 is 0 Å². The molecular formula is C19H22ClF3N4O. The molecule has 1 amide bonds. The third kappa shape index (κ3) is 4.86. The lowest BCUT2D eigenvalue weighted by molar-refractivity contribution is -0.145. The molecule has 2 heterocycles. The first-order valence-corrected chi connectivity index (χ1v) is 9.57. The molecule has 5 nitrogen and oxygen atoms in total. The molecule has 0 atom stereocenters. The maximum Gasteiger partial charge on any atom is 0.401 e. The third-order valence-electron chi connectivity index (χ3n) is 4.77.